The predicted molar refractivity (Wildman–Crippen MR) is 58.4 cm³/mol. The van der Waals surface area contributed by atoms with E-state index in [1.165, 1.54) is 0 Å². The van der Waals surface area contributed by atoms with Crippen molar-refractivity contribution in [3.63, 3.8) is 0 Å². The van der Waals surface area contributed by atoms with Gasteiger partial charge in [0.05, 0.1) is 0 Å². The van der Waals surface area contributed by atoms with Gasteiger partial charge in [0.25, 0.3) is 0 Å². The Kier molecular flexibility index (Phi) is 3.43. The number of nitrogen functional groups attached to an aromatic ring is 1. The summed E-state index contributed by atoms with van der Waals surface area (Å²) in [6.45, 7) is 4.08. The van der Waals surface area contributed by atoms with Crippen LogP contribution in [0.15, 0.2) is 18.3 Å². The molecule has 6 N–H and O–H groups in total. The molecule has 78 valence electrons. The first-order valence-corrected chi connectivity index (χ1v) is 4.75. The molecule has 0 aliphatic carbocycles. The van der Waals surface area contributed by atoms with E-state index in [-0.39, 0.29) is 12.1 Å². The lowest BCUT2D eigenvalue weighted by Crippen LogP contribution is -2.38. The van der Waals surface area contributed by atoms with Crippen LogP contribution >= 0.6 is 0 Å². The zero-order valence-corrected chi connectivity index (χ0v) is 8.64. The Bertz CT molecular complexity index is 298. The van der Waals surface area contributed by atoms with Crippen LogP contribution in [0.25, 0.3) is 0 Å². The molecule has 0 aliphatic rings. The summed E-state index contributed by atoms with van der Waals surface area (Å²) < 4.78 is 0. The highest BCUT2D eigenvalue weighted by Gasteiger charge is 2.20. The summed E-state index contributed by atoms with van der Waals surface area (Å²) in [4.78, 5) is 3.98. The van der Waals surface area contributed by atoms with Crippen LogP contribution in [-0.4, -0.2) is 11.0 Å². The molecule has 4 nitrogen and oxygen atoms in total. The van der Waals surface area contributed by atoms with E-state index in [0.717, 1.165) is 5.56 Å². The molecule has 1 rings (SSSR count). The third-order valence-corrected chi connectivity index (χ3v) is 2.41. The summed E-state index contributed by atoms with van der Waals surface area (Å²) in [5.74, 6) is 0.792. The van der Waals surface area contributed by atoms with E-state index < -0.39 is 0 Å². The van der Waals surface area contributed by atoms with Gasteiger partial charge >= 0.3 is 0 Å². The lowest BCUT2D eigenvalue weighted by atomic mass is 9.93. The molecule has 0 aliphatic heterocycles. The highest BCUT2D eigenvalue weighted by molar-refractivity contribution is 5.41. The number of nitrogens with two attached hydrogens (primary N) is 3. The second kappa shape index (κ2) is 4.39. The Balaban J connectivity index is 2.89. The minimum atomic E-state index is -0.247. The molecule has 4 heteroatoms. The van der Waals surface area contributed by atoms with E-state index in [9.17, 15) is 0 Å². The number of hydrogen-bond donors (Lipinski definition) is 3. The molecule has 0 radical (unpaired) electrons. The first-order chi connectivity index (χ1) is 6.54. The Morgan fingerprint density at radius 3 is 2.43 bits per heavy atom. The summed E-state index contributed by atoms with van der Waals surface area (Å²) in [7, 11) is 0. The van der Waals surface area contributed by atoms with E-state index in [4.69, 9.17) is 17.2 Å². The fourth-order valence-corrected chi connectivity index (χ4v) is 1.33. The number of pyridine rings is 1. The van der Waals surface area contributed by atoms with Crippen LogP contribution in [0.1, 0.15) is 25.5 Å². The lowest BCUT2D eigenvalue weighted by molar-refractivity contribution is 0.423. The van der Waals surface area contributed by atoms with Gasteiger partial charge < -0.3 is 17.2 Å². The average Bonchev–Trinajstić information content (AvgIpc) is 2.16. The molecule has 0 spiro atoms. The van der Waals surface area contributed by atoms with Gasteiger partial charge in [0.15, 0.2) is 0 Å². The Hall–Kier alpha value is -1.13. The number of nitrogens with zero attached hydrogens (tertiary/aromatic N) is 1. The number of aromatic nitrogens is 1. The topological polar surface area (TPSA) is 91.0 Å². The quantitative estimate of drug-likeness (QED) is 0.658. The third kappa shape index (κ3) is 2.21. The maximum atomic E-state index is 6.00. The molecule has 0 amide bonds. The molecule has 1 heterocycles. The van der Waals surface area contributed by atoms with Crippen molar-refractivity contribution < 1.29 is 0 Å². The molecular formula is C10H18N4. The molecule has 1 aromatic rings. The zero-order chi connectivity index (χ0) is 10.7. The maximum Gasteiger partial charge on any atom is 0.128 e. The summed E-state index contributed by atoms with van der Waals surface area (Å²) in [6.07, 6.45) is 1.65. The van der Waals surface area contributed by atoms with E-state index in [0.29, 0.717) is 11.7 Å². The molecule has 0 aromatic carbocycles. The molecule has 0 bridgehead atoms. The normalized spacial score (nSPS) is 15.5. The van der Waals surface area contributed by atoms with E-state index >= 15 is 0 Å². The predicted octanol–water partition coefficient (Wildman–Crippen LogP) is 0.647. The van der Waals surface area contributed by atoms with Gasteiger partial charge in [-0.05, 0) is 12.0 Å². The average molecular weight is 194 g/mol. The zero-order valence-electron chi connectivity index (χ0n) is 8.64. The second-order valence-corrected chi connectivity index (χ2v) is 3.83. The Morgan fingerprint density at radius 2 is 1.93 bits per heavy atom. The van der Waals surface area contributed by atoms with Gasteiger partial charge in [-0.3, -0.25) is 0 Å². The van der Waals surface area contributed by atoms with Crippen LogP contribution in [0.4, 0.5) is 5.82 Å². The van der Waals surface area contributed by atoms with Crippen molar-refractivity contribution >= 4 is 5.82 Å². The summed E-state index contributed by atoms with van der Waals surface area (Å²) in [5, 5.41) is 0. The van der Waals surface area contributed by atoms with Gasteiger partial charge in [-0.25, -0.2) is 4.98 Å². The third-order valence-electron chi connectivity index (χ3n) is 2.41. The molecule has 1 aromatic heterocycles. The van der Waals surface area contributed by atoms with Crippen molar-refractivity contribution in [1.29, 1.82) is 0 Å². The smallest absolute Gasteiger partial charge is 0.128 e. The van der Waals surface area contributed by atoms with Gasteiger partial charge in [-0.2, -0.15) is 0 Å². The van der Waals surface area contributed by atoms with Crippen LogP contribution in [0.3, 0.4) is 0 Å². The fraction of sp³-hybridized carbons (Fsp3) is 0.500. The van der Waals surface area contributed by atoms with Crippen molar-refractivity contribution in [1.82, 2.24) is 4.98 Å². The first kappa shape index (κ1) is 10.9. The van der Waals surface area contributed by atoms with Crippen molar-refractivity contribution in [3.05, 3.63) is 23.9 Å². The van der Waals surface area contributed by atoms with Crippen molar-refractivity contribution in [3.8, 4) is 0 Å². The molecular weight excluding hydrogens is 176 g/mol. The number of hydrogen-bond acceptors (Lipinski definition) is 4. The molecule has 2 atom stereocenters. The van der Waals surface area contributed by atoms with Crippen LogP contribution in [0.5, 0.6) is 0 Å². The highest BCUT2D eigenvalue weighted by Crippen LogP contribution is 2.21. The minimum absolute atomic E-state index is 0.0958. The largest absolute Gasteiger partial charge is 0.383 e. The Labute approximate surface area is 84.5 Å². The fourth-order valence-electron chi connectivity index (χ4n) is 1.33. The monoisotopic (exact) mass is 194 g/mol. The van der Waals surface area contributed by atoms with Crippen molar-refractivity contribution in [2.45, 2.75) is 25.9 Å². The SMILES string of the molecule is CC(C)C(N)C(N)c1cccnc1N. The molecule has 0 saturated carbocycles. The lowest BCUT2D eigenvalue weighted by Gasteiger charge is -2.24. The van der Waals surface area contributed by atoms with Gasteiger partial charge in [0, 0.05) is 23.8 Å². The van der Waals surface area contributed by atoms with Crippen LogP contribution < -0.4 is 17.2 Å². The maximum absolute atomic E-state index is 6.00. The van der Waals surface area contributed by atoms with E-state index in [2.05, 4.69) is 4.98 Å². The second-order valence-electron chi connectivity index (χ2n) is 3.83. The summed E-state index contributed by atoms with van der Waals surface area (Å²) >= 11 is 0. The van der Waals surface area contributed by atoms with E-state index in [1.54, 1.807) is 6.20 Å². The van der Waals surface area contributed by atoms with Gasteiger partial charge in [-0.15, -0.1) is 0 Å². The number of rotatable bonds is 3. The van der Waals surface area contributed by atoms with Crippen LogP contribution in [0, 0.1) is 5.92 Å². The number of anilines is 1. The van der Waals surface area contributed by atoms with Crippen molar-refractivity contribution in [2.24, 2.45) is 17.4 Å². The van der Waals surface area contributed by atoms with E-state index in [1.807, 2.05) is 26.0 Å². The van der Waals surface area contributed by atoms with Gasteiger partial charge in [0.2, 0.25) is 0 Å². The minimum Gasteiger partial charge on any atom is -0.383 e. The van der Waals surface area contributed by atoms with Crippen LogP contribution in [0.2, 0.25) is 0 Å². The first-order valence-electron chi connectivity index (χ1n) is 4.75. The standard InChI is InChI=1S/C10H18N4/c1-6(2)8(11)9(12)7-4-3-5-14-10(7)13/h3-6,8-9H,11-12H2,1-2H3,(H2,13,14). The molecule has 14 heavy (non-hydrogen) atoms. The van der Waals surface area contributed by atoms with Gasteiger partial charge in [-0.1, -0.05) is 19.9 Å². The highest BCUT2D eigenvalue weighted by atomic mass is 14.9. The molecule has 2 unspecified atom stereocenters. The molecule has 0 fully saturated rings. The van der Waals surface area contributed by atoms with Crippen LogP contribution in [-0.2, 0) is 0 Å². The Morgan fingerprint density at radius 1 is 1.29 bits per heavy atom. The van der Waals surface area contributed by atoms with Crippen molar-refractivity contribution in [2.75, 3.05) is 5.73 Å². The van der Waals surface area contributed by atoms with Gasteiger partial charge in [0.1, 0.15) is 5.82 Å². The summed E-state index contributed by atoms with van der Waals surface area (Å²) in [6, 6.07) is 3.35. The summed E-state index contributed by atoms with van der Waals surface area (Å²) in [5.41, 5.74) is 18.5. The molecule has 0 saturated heterocycles.